The van der Waals surface area contributed by atoms with Crippen LogP contribution in [-0.4, -0.2) is 5.11 Å². The lowest BCUT2D eigenvalue weighted by Gasteiger charge is -2.38. The molecule has 2 aliphatic rings. The predicted molar refractivity (Wildman–Crippen MR) is 89.0 cm³/mol. The van der Waals surface area contributed by atoms with E-state index in [0.717, 1.165) is 0 Å². The van der Waals surface area contributed by atoms with Crippen LogP contribution in [0, 0.1) is 0 Å². The molecule has 1 N–H and O–H groups in total. The fraction of sp³-hybridized carbons (Fsp3) is 0.700. The van der Waals surface area contributed by atoms with E-state index in [1.165, 1.54) is 75.3 Å². The smallest absolute Gasteiger partial charge is 0.123 e. The molecule has 116 valence electrons. The van der Waals surface area contributed by atoms with Crippen molar-refractivity contribution >= 4 is 0 Å². The van der Waals surface area contributed by atoms with Crippen molar-refractivity contribution in [2.45, 2.75) is 88.9 Å². The lowest BCUT2D eigenvalue weighted by molar-refractivity contribution is 0.290. The van der Waals surface area contributed by atoms with Gasteiger partial charge >= 0.3 is 0 Å². The lowest BCUT2D eigenvalue weighted by Crippen LogP contribution is -2.28. The predicted octanol–water partition coefficient (Wildman–Crippen LogP) is 5.84. The Labute approximate surface area is 129 Å². The first-order valence-electron chi connectivity index (χ1n) is 8.88. The fourth-order valence-corrected chi connectivity index (χ4v) is 4.72. The second-order valence-corrected chi connectivity index (χ2v) is 7.94. The van der Waals surface area contributed by atoms with E-state index in [1.54, 1.807) is 0 Å². The Bertz CT molecular complexity index is 448. The summed E-state index contributed by atoms with van der Waals surface area (Å²) in [4.78, 5) is 0. The Hall–Kier alpha value is -0.980. The van der Waals surface area contributed by atoms with Crippen molar-refractivity contribution in [2.24, 2.45) is 0 Å². The third kappa shape index (κ3) is 2.72. The molecule has 0 atom stereocenters. The Morgan fingerprint density at radius 3 is 1.48 bits per heavy atom. The summed E-state index contributed by atoms with van der Waals surface area (Å²) in [7, 11) is 0. The van der Waals surface area contributed by atoms with E-state index in [0.29, 0.717) is 5.75 Å². The summed E-state index contributed by atoms with van der Waals surface area (Å²) >= 11 is 0. The average Bonchev–Trinajstić information content (AvgIpc) is 2.48. The maximum atomic E-state index is 11.0. The average molecular weight is 286 g/mol. The van der Waals surface area contributed by atoms with Gasteiger partial charge in [-0.25, -0.2) is 0 Å². The second kappa shape index (κ2) is 5.66. The Kier molecular flexibility index (Phi) is 4.03. The molecule has 0 saturated heterocycles. The highest BCUT2D eigenvalue weighted by atomic mass is 16.3. The molecule has 2 fully saturated rings. The van der Waals surface area contributed by atoms with E-state index in [2.05, 4.69) is 32.0 Å². The summed E-state index contributed by atoms with van der Waals surface area (Å²) in [6, 6.07) is 6.54. The highest BCUT2D eigenvalue weighted by Gasteiger charge is 2.36. The molecule has 1 aromatic carbocycles. The van der Waals surface area contributed by atoms with Crippen LogP contribution in [0.1, 0.15) is 89.2 Å². The second-order valence-electron chi connectivity index (χ2n) is 7.94. The summed E-state index contributed by atoms with van der Waals surface area (Å²) in [6.45, 7) is 4.71. The van der Waals surface area contributed by atoms with Crippen LogP contribution < -0.4 is 0 Å². The van der Waals surface area contributed by atoms with Crippen molar-refractivity contribution in [3.63, 3.8) is 0 Å². The van der Waals surface area contributed by atoms with Crippen LogP contribution in [0.4, 0.5) is 0 Å². The maximum Gasteiger partial charge on any atom is 0.123 e. The van der Waals surface area contributed by atoms with Crippen molar-refractivity contribution in [1.82, 2.24) is 0 Å². The van der Waals surface area contributed by atoms with Crippen LogP contribution in [0.15, 0.2) is 18.2 Å². The van der Waals surface area contributed by atoms with Crippen molar-refractivity contribution in [3.05, 3.63) is 29.3 Å². The molecule has 0 amide bonds. The van der Waals surface area contributed by atoms with Gasteiger partial charge in [-0.1, -0.05) is 70.6 Å². The van der Waals surface area contributed by atoms with Gasteiger partial charge in [-0.15, -0.1) is 0 Å². The number of phenolic OH excluding ortho intramolecular Hbond substituents is 1. The van der Waals surface area contributed by atoms with E-state index in [-0.39, 0.29) is 10.8 Å². The molecule has 3 rings (SSSR count). The van der Waals surface area contributed by atoms with E-state index in [4.69, 9.17) is 0 Å². The number of hydrogen-bond donors (Lipinski definition) is 1. The van der Waals surface area contributed by atoms with Crippen LogP contribution in [-0.2, 0) is 10.8 Å². The van der Waals surface area contributed by atoms with Gasteiger partial charge in [-0.2, -0.15) is 0 Å². The first-order chi connectivity index (χ1) is 10.1. The zero-order valence-corrected chi connectivity index (χ0v) is 13.8. The van der Waals surface area contributed by atoms with Crippen molar-refractivity contribution in [1.29, 1.82) is 0 Å². The number of para-hydroxylation sites is 1. The van der Waals surface area contributed by atoms with Crippen LogP contribution in [0.3, 0.4) is 0 Å². The third-order valence-corrected chi connectivity index (χ3v) is 6.25. The quantitative estimate of drug-likeness (QED) is 0.724. The zero-order chi connectivity index (χ0) is 14.9. The number of hydrogen-bond acceptors (Lipinski definition) is 1. The normalized spacial score (nSPS) is 24.7. The summed E-state index contributed by atoms with van der Waals surface area (Å²) in [5.74, 6) is 0.617. The van der Waals surface area contributed by atoms with Crippen molar-refractivity contribution in [3.8, 4) is 5.75 Å². The summed E-state index contributed by atoms with van der Waals surface area (Å²) in [5.41, 5.74) is 2.80. The molecule has 0 aromatic heterocycles. The number of aromatic hydroxyl groups is 1. The molecule has 0 aliphatic heterocycles. The van der Waals surface area contributed by atoms with Gasteiger partial charge in [0.15, 0.2) is 0 Å². The largest absolute Gasteiger partial charge is 0.507 e. The molecule has 1 nitrogen and oxygen atoms in total. The van der Waals surface area contributed by atoms with Crippen LogP contribution >= 0.6 is 0 Å². The molecule has 1 aromatic rings. The van der Waals surface area contributed by atoms with E-state index < -0.39 is 0 Å². The number of benzene rings is 1. The molecule has 2 aliphatic carbocycles. The Morgan fingerprint density at radius 1 is 0.714 bits per heavy atom. The van der Waals surface area contributed by atoms with E-state index in [9.17, 15) is 5.11 Å². The first-order valence-corrected chi connectivity index (χ1v) is 8.88. The van der Waals surface area contributed by atoms with Gasteiger partial charge in [0, 0.05) is 11.1 Å². The van der Waals surface area contributed by atoms with Gasteiger partial charge in [0.05, 0.1) is 0 Å². The molecular formula is C20H30O. The van der Waals surface area contributed by atoms with Gasteiger partial charge in [0.1, 0.15) is 5.75 Å². The molecule has 0 spiro atoms. The summed E-state index contributed by atoms with van der Waals surface area (Å²) in [6.07, 6.45) is 12.8. The first kappa shape index (κ1) is 14.9. The highest BCUT2D eigenvalue weighted by molar-refractivity contribution is 5.48. The van der Waals surface area contributed by atoms with Gasteiger partial charge in [0.2, 0.25) is 0 Å². The van der Waals surface area contributed by atoms with E-state index >= 15 is 0 Å². The number of phenols is 1. The summed E-state index contributed by atoms with van der Waals surface area (Å²) < 4.78 is 0. The molecule has 2 saturated carbocycles. The molecule has 0 radical (unpaired) electrons. The number of rotatable bonds is 2. The monoisotopic (exact) mass is 286 g/mol. The van der Waals surface area contributed by atoms with Crippen LogP contribution in [0.2, 0.25) is 0 Å². The van der Waals surface area contributed by atoms with Crippen molar-refractivity contribution in [2.75, 3.05) is 0 Å². The molecule has 0 heterocycles. The molecular weight excluding hydrogens is 256 g/mol. The maximum absolute atomic E-state index is 11.0. The third-order valence-electron chi connectivity index (χ3n) is 6.25. The molecule has 0 unspecified atom stereocenters. The van der Waals surface area contributed by atoms with Crippen molar-refractivity contribution < 1.29 is 5.11 Å². The van der Waals surface area contributed by atoms with Gasteiger partial charge in [-0.3, -0.25) is 0 Å². The van der Waals surface area contributed by atoms with E-state index in [1.807, 2.05) is 0 Å². The van der Waals surface area contributed by atoms with Gasteiger partial charge in [-0.05, 0) is 36.5 Å². The lowest BCUT2D eigenvalue weighted by atomic mass is 9.66. The summed E-state index contributed by atoms with van der Waals surface area (Å²) in [5, 5.41) is 11.0. The van der Waals surface area contributed by atoms with Crippen LogP contribution in [0.25, 0.3) is 0 Å². The Morgan fingerprint density at radius 2 is 1.10 bits per heavy atom. The SMILES string of the molecule is CC1(c2cccc(C3(C)CCCCC3)c2O)CCCCC1. The highest BCUT2D eigenvalue weighted by Crippen LogP contribution is 2.48. The topological polar surface area (TPSA) is 20.2 Å². The molecule has 0 bridgehead atoms. The van der Waals surface area contributed by atoms with Gasteiger partial charge in [0.25, 0.3) is 0 Å². The fourth-order valence-electron chi connectivity index (χ4n) is 4.72. The Balaban J connectivity index is 1.98. The zero-order valence-electron chi connectivity index (χ0n) is 13.8. The molecule has 1 heteroatoms. The minimum absolute atomic E-state index is 0.184. The minimum Gasteiger partial charge on any atom is -0.507 e. The minimum atomic E-state index is 0.184. The standard InChI is InChI=1S/C20H30O/c1-19(12-5-3-6-13-19)16-10-9-11-17(18(16)21)20(2)14-7-4-8-15-20/h9-11,21H,3-8,12-15H2,1-2H3. The van der Waals surface area contributed by atoms with Crippen LogP contribution in [0.5, 0.6) is 5.75 Å². The molecule has 21 heavy (non-hydrogen) atoms. The van der Waals surface area contributed by atoms with Gasteiger partial charge < -0.3 is 5.11 Å².